The molecule has 0 spiro atoms. The molecule has 0 bridgehead atoms. The Kier molecular flexibility index (Phi) is 5.37. The number of ether oxygens (including phenoxy) is 2. The SMILES string of the molecule is CCOC(=O)C(Oc1ccc2c(CC)cc(=O)oc2c1)c1ccccc1. The highest BCUT2D eigenvalue weighted by Crippen LogP contribution is 2.27. The van der Waals surface area contributed by atoms with Crippen molar-refractivity contribution in [1.29, 1.82) is 0 Å². The van der Waals surface area contributed by atoms with Crippen molar-refractivity contribution in [2.75, 3.05) is 6.61 Å². The van der Waals surface area contributed by atoms with Crippen LogP contribution in [-0.4, -0.2) is 12.6 Å². The molecule has 5 heteroatoms. The summed E-state index contributed by atoms with van der Waals surface area (Å²) >= 11 is 0. The first kappa shape index (κ1) is 17.7. The molecule has 1 atom stereocenters. The standard InChI is InChI=1S/C21H20O5/c1-3-14-12-19(22)26-18-13-16(10-11-17(14)18)25-20(21(23)24-4-2)15-8-6-5-7-9-15/h5-13,20H,3-4H2,1-2H3. The Morgan fingerprint density at radius 2 is 1.85 bits per heavy atom. The van der Waals surface area contributed by atoms with E-state index in [2.05, 4.69) is 0 Å². The zero-order chi connectivity index (χ0) is 18.5. The van der Waals surface area contributed by atoms with E-state index in [1.165, 1.54) is 6.07 Å². The molecular weight excluding hydrogens is 332 g/mol. The topological polar surface area (TPSA) is 65.7 Å². The van der Waals surface area contributed by atoms with Gasteiger partial charge in [-0.25, -0.2) is 9.59 Å². The zero-order valence-corrected chi connectivity index (χ0v) is 14.7. The molecule has 26 heavy (non-hydrogen) atoms. The fraction of sp³-hybridized carbons (Fsp3) is 0.238. The number of carbonyl (C=O) groups is 1. The lowest BCUT2D eigenvalue weighted by molar-refractivity contribution is -0.151. The molecule has 0 amide bonds. The van der Waals surface area contributed by atoms with Crippen LogP contribution in [0.4, 0.5) is 0 Å². The maximum absolute atomic E-state index is 12.3. The number of hydrogen-bond donors (Lipinski definition) is 0. The van der Waals surface area contributed by atoms with Crippen LogP contribution in [0, 0.1) is 0 Å². The number of carbonyl (C=O) groups excluding carboxylic acids is 1. The van der Waals surface area contributed by atoms with Crippen LogP contribution in [-0.2, 0) is 16.0 Å². The Balaban J connectivity index is 1.98. The van der Waals surface area contributed by atoms with Crippen LogP contribution in [0.5, 0.6) is 5.75 Å². The van der Waals surface area contributed by atoms with Gasteiger partial charge in [0.25, 0.3) is 0 Å². The second-order valence-corrected chi connectivity index (χ2v) is 5.76. The average Bonchev–Trinajstić information content (AvgIpc) is 2.65. The highest BCUT2D eigenvalue weighted by Gasteiger charge is 2.24. The van der Waals surface area contributed by atoms with Gasteiger partial charge in [0.05, 0.1) is 6.61 Å². The maximum atomic E-state index is 12.3. The Labute approximate surface area is 151 Å². The van der Waals surface area contributed by atoms with Gasteiger partial charge in [0.2, 0.25) is 6.10 Å². The van der Waals surface area contributed by atoms with Crippen LogP contribution in [0.15, 0.2) is 63.8 Å². The summed E-state index contributed by atoms with van der Waals surface area (Å²) in [6, 6.07) is 15.9. The first-order chi connectivity index (χ1) is 12.6. The van der Waals surface area contributed by atoms with Crippen molar-refractivity contribution in [3.63, 3.8) is 0 Å². The minimum absolute atomic E-state index is 0.262. The Bertz CT molecular complexity index is 959. The molecule has 3 rings (SSSR count). The second kappa shape index (κ2) is 7.87. The van der Waals surface area contributed by atoms with Crippen LogP contribution in [0.3, 0.4) is 0 Å². The van der Waals surface area contributed by atoms with Gasteiger partial charge in [-0.1, -0.05) is 37.3 Å². The molecule has 1 unspecified atom stereocenters. The summed E-state index contributed by atoms with van der Waals surface area (Å²) in [7, 11) is 0. The molecule has 0 fully saturated rings. The number of benzene rings is 2. The molecule has 1 aromatic heterocycles. The molecule has 0 saturated heterocycles. The first-order valence-electron chi connectivity index (χ1n) is 8.57. The molecule has 0 aliphatic rings. The number of rotatable bonds is 6. The zero-order valence-electron chi connectivity index (χ0n) is 14.7. The van der Waals surface area contributed by atoms with Crippen LogP contribution >= 0.6 is 0 Å². The number of esters is 1. The summed E-state index contributed by atoms with van der Waals surface area (Å²) in [6.45, 7) is 3.99. The molecule has 2 aromatic carbocycles. The van der Waals surface area contributed by atoms with E-state index < -0.39 is 17.7 Å². The monoisotopic (exact) mass is 352 g/mol. The van der Waals surface area contributed by atoms with E-state index in [0.29, 0.717) is 16.9 Å². The largest absolute Gasteiger partial charge is 0.474 e. The van der Waals surface area contributed by atoms with Crippen LogP contribution < -0.4 is 10.4 Å². The Hall–Kier alpha value is -3.08. The van der Waals surface area contributed by atoms with E-state index >= 15 is 0 Å². The summed E-state index contributed by atoms with van der Waals surface area (Å²) in [6.07, 6.45) is -0.174. The number of aryl methyl sites for hydroxylation is 1. The highest BCUT2D eigenvalue weighted by molar-refractivity contribution is 5.82. The van der Waals surface area contributed by atoms with Gasteiger partial charge in [0, 0.05) is 23.1 Å². The molecular formula is C21H20O5. The lowest BCUT2D eigenvalue weighted by Gasteiger charge is -2.18. The van der Waals surface area contributed by atoms with Gasteiger partial charge in [-0.05, 0) is 31.0 Å². The van der Waals surface area contributed by atoms with E-state index in [-0.39, 0.29) is 6.61 Å². The van der Waals surface area contributed by atoms with Crippen molar-refractivity contribution in [2.45, 2.75) is 26.4 Å². The maximum Gasteiger partial charge on any atom is 0.352 e. The van der Waals surface area contributed by atoms with E-state index in [4.69, 9.17) is 13.9 Å². The summed E-state index contributed by atoms with van der Waals surface area (Å²) < 4.78 is 16.3. The molecule has 0 radical (unpaired) electrons. The molecule has 0 aliphatic heterocycles. The third-order valence-electron chi connectivity index (χ3n) is 4.04. The van der Waals surface area contributed by atoms with E-state index in [1.807, 2.05) is 31.2 Å². The van der Waals surface area contributed by atoms with Gasteiger partial charge >= 0.3 is 11.6 Å². The number of hydrogen-bond acceptors (Lipinski definition) is 5. The van der Waals surface area contributed by atoms with E-state index in [1.54, 1.807) is 31.2 Å². The molecule has 1 heterocycles. The van der Waals surface area contributed by atoms with Crippen molar-refractivity contribution in [2.24, 2.45) is 0 Å². The third-order valence-corrected chi connectivity index (χ3v) is 4.04. The molecule has 5 nitrogen and oxygen atoms in total. The first-order valence-corrected chi connectivity index (χ1v) is 8.57. The van der Waals surface area contributed by atoms with Gasteiger partial charge in [0.1, 0.15) is 11.3 Å². The molecule has 0 N–H and O–H groups in total. The predicted octanol–water partition coefficient (Wildman–Crippen LogP) is 4.04. The van der Waals surface area contributed by atoms with Crippen LogP contribution in [0.1, 0.15) is 31.1 Å². The normalized spacial score (nSPS) is 11.9. The third kappa shape index (κ3) is 3.77. The van der Waals surface area contributed by atoms with Crippen molar-refractivity contribution in [3.8, 4) is 5.75 Å². The van der Waals surface area contributed by atoms with Crippen LogP contribution in [0.25, 0.3) is 11.0 Å². The molecule has 3 aromatic rings. The molecule has 134 valence electrons. The lowest BCUT2D eigenvalue weighted by atomic mass is 10.1. The molecule has 0 aliphatic carbocycles. The minimum atomic E-state index is -0.894. The fourth-order valence-corrected chi connectivity index (χ4v) is 2.81. The van der Waals surface area contributed by atoms with Gasteiger partial charge < -0.3 is 13.9 Å². The van der Waals surface area contributed by atoms with Crippen molar-refractivity contribution < 1.29 is 18.7 Å². The second-order valence-electron chi connectivity index (χ2n) is 5.76. The summed E-state index contributed by atoms with van der Waals surface area (Å²) in [4.78, 5) is 24.1. The van der Waals surface area contributed by atoms with Gasteiger partial charge in [-0.3, -0.25) is 0 Å². The summed E-state index contributed by atoms with van der Waals surface area (Å²) in [5.41, 5.74) is 1.63. The smallest absolute Gasteiger partial charge is 0.352 e. The van der Waals surface area contributed by atoms with E-state index in [9.17, 15) is 9.59 Å². The van der Waals surface area contributed by atoms with Gasteiger partial charge in [0.15, 0.2) is 0 Å². The highest BCUT2D eigenvalue weighted by atomic mass is 16.6. The quantitative estimate of drug-likeness (QED) is 0.495. The number of fused-ring (bicyclic) bond motifs is 1. The lowest BCUT2D eigenvalue weighted by Crippen LogP contribution is -2.21. The summed E-state index contributed by atoms with van der Waals surface area (Å²) in [5, 5.41) is 0.854. The summed E-state index contributed by atoms with van der Waals surface area (Å²) in [5.74, 6) is -0.0432. The van der Waals surface area contributed by atoms with Crippen molar-refractivity contribution in [3.05, 3.63) is 76.1 Å². The Morgan fingerprint density at radius 1 is 1.08 bits per heavy atom. The predicted molar refractivity (Wildman–Crippen MR) is 98.3 cm³/mol. The average molecular weight is 352 g/mol. The minimum Gasteiger partial charge on any atom is -0.474 e. The molecule has 0 saturated carbocycles. The fourth-order valence-electron chi connectivity index (χ4n) is 2.81. The van der Waals surface area contributed by atoms with Gasteiger partial charge in [-0.2, -0.15) is 0 Å². The van der Waals surface area contributed by atoms with Crippen molar-refractivity contribution in [1.82, 2.24) is 0 Å². The Morgan fingerprint density at radius 3 is 2.54 bits per heavy atom. The van der Waals surface area contributed by atoms with E-state index in [0.717, 1.165) is 17.4 Å². The van der Waals surface area contributed by atoms with Crippen molar-refractivity contribution >= 4 is 16.9 Å². The van der Waals surface area contributed by atoms with Gasteiger partial charge in [-0.15, -0.1) is 0 Å². The van der Waals surface area contributed by atoms with Crippen LogP contribution in [0.2, 0.25) is 0 Å².